The molecular weight excluding hydrogens is 366 g/mol. The first-order valence-electron chi connectivity index (χ1n) is 8.61. The summed E-state index contributed by atoms with van der Waals surface area (Å²) in [6.45, 7) is 1.70. The van der Waals surface area contributed by atoms with Crippen molar-refractivity contribution in [3.63, 3.8) is 0 Å². The van der Waals surface area contributed by atoms with Crippen molar-refractivity contribution >= 4 is 32.9 Å². The predicted octanol–water partition coefficient (Wildman–Crippen LogP) is 4.64. The van der Waals surface area contributed by atoms with E-state index in [1.807, 2.05) is 17.5 Å². The molecule has 4 aromatic rings. The molecule has 1 aliphatic heterocycles. The zero-order chi connectivity index (χ0) is 17.5. The number of rotatable bonds is 4. The average molecular weight is 383 g/mol. The molecule has 5 heterocycles. The van der Waals surface area contributed by atoms with Gasteiger partial charge in [0.2, 0.25) is 0 Å². The third-order valence-electron chi connectivity index (χ3n) is 4.87. The molecule has 1 atom stereocenters. The number of hydrogen-bond acceptors (Lipinski definition) is 6. The first-order valence-corrected chi connectivity index (χ1v) is 10.4. The fraction of sp³-hybridized carbons (Fsp3) is 0.263. The van der Waals surface area contributed by atoms with Crippen LogP contribution >= 0.6 is 22.7 Å². The number of thiophene rings is 2. The number of nitrogens with one attached hydrogen (secondary N) is 1. The molecule has 5 rings (SSSR count). The quantitative estimate of drug-likeness (QED) is 0.557. The Morgan fingerprint density at radius 1 is 1.31 bits per heavy atom. The van der Waals surface area contributed by atoms with Gasteiger partial charge in [0, 0.05) is 21.9 Å². The van der Waals surface area contributed by atoms with Crippen molar-refractivity contribution in [2.75, 3.05) is 6.54 Å². The van der Waals surface area contributed by atoms with Crippen LogP contribution in [0.1, 0.15) is 29.6 Å². The van der Waals surface area contributed by atoms with Crippen LogP contribution in [0.2, 0.25) is 0 Å². The lowest BCUT2D eigenvalue weighted by atomic mass is 10.2. The van der Waals surface area contributed by atoms with Gasteiger partial charge in [-0.15, -0.1) is 22.7 Å². The van der Waals surface area contributed by atoms with Crippen molar-refractivity contribution in [3.8, 4) is 11.3 Å². The molecular formula is C19H17N3O2S2. The molecule has 26 heavy (non-hydrogen) atoms. The smallest absolute Gasteiger partial charge is 0.260 e. The Balaban J connectivity index is 1.48. The van der Waals surface area contributed by atoms with Gasteiger partial charge in [-0.2, -0.15) is 0 Å². The van der Waals surface area contributed by atoms with E-state index in [1.54, 1.807) is 17.6 Å². The van der Waals surface area contributed by atoms with Gasteiger partial charge >= 0.3 is 0 Å². The van der Waals surface area contributed by atoms with Crippen molar-refractivity contribution in [1.82, 2.24) is 14.9 Å². The Kier molecular flexibility index (Phi) is 4.00. The highest BCUT2D eigenvalue weighted by atomic mass is 32.1. The number of aromatic amines is 1. The highest BCUT2D eigenvalue weighted by molar-refractivity contribution is 7.17. The normalized spacial score (nSPS) is 18.1. The topological polar surface area (TPSA) is 62.1 Å². The zero-order valence-electron chi connectivity index (χ0n) is 14.0. The van der Waals surface area contributed by atoms with E-state index in [1.165, 1.54) is 22.6 Å². The third kappa shape index (κ3) is 2.72. The van der Waals surface area contributed by atoms with Crippen molar-refractivity contribution in [1.29, 1.82) is 0 Å². The van der Waals surface area contributed by atoms with E-state index in [4.69, 9.17) is 9.40 Å². The molecule has 0 amide bonds. The summed E-state index contributed by atoms with van der Waals surface area (Å²) in [7, 11) is 0. The summed E-state index contributed by atoms with van der Waals surface area (Å²) in [5.74, 6) is 1.44. The van der Waals surface area contributed by atoms with E-state index in [0.717, 1.165) is 29.2 Å². The molecule has 0 aliphatic carbocycles. The van der Waals surface area contributed by atoms with Crippen LogP contribution in [0.25, 0.3) is 21.5 Å². The summed E-state index contributed by atoms with van der Waals surface area (Å²) < 4.78 is 5.45. The first-order chi connectivity index (χ1) is 12.8. The molecule has 1 fully saturated rings. The van der Waals surface area contributed by atoms with E-state index in [9.17, 15) is 4.79 Å². The van der Waals surface area contributed by atoms with Crippen LogP contribution in [0.4, 0.5) is 0 Å². The third-order valence-corrected chi connectivity index (χ3v) is 6.71. The SMILES string of the molecule is O=c1[nH]c(CN2CCC[C@@H]2c2cccs2)nc2scc(-c3ccco3)c12. The fourth-order valence-corrected chi connectivity index (χ4v) is 5.53. The van der Waals surface area contributed by atoms with E-state index < -0.39 is 0 Å². The van der Waals surface area contributed by atoms with E-state index >= 15 is 0 Å². The highest BCUT2D eigenvalue weighted by Crippen LogP contribution is 2.35. The highest BCUT2D eigenvalue weighted by Gasteiger charge is 2.27. The maximum absolute atomic E-state index is 12.7. The summed E-state index contributed by atoms with van der Waals surface area (Å²) in [6.07, 6.45) is 3.96. The van der Waals surface area contributed by atoms with E-state index in [2.05, 4.69) is 27.4 Å². The standard InChI is InChI=1S/C19H17N3O2S2/c23-18-17-12(14-5-2-8-24-14)11-26-19(17)21-16(20-18)10-22-7-1-4-13(22)15-6-3-9-25-15/h2-3,5-6,8-9,11,13H,1,4,7,10H2,(H,20,21,23)/t13-/m1/s1. The second kappa shape index (κ2) is 6.50. The number of likely N-dealkylation sites (tertiary alicyclic amines) is 1. The second-order valence-electron chi connectivity index (χ2n) is 6.46. The fourth-order valence-electron chi connectivity index (χ4n) is 3.69. The Morgan fingerprint density at radius 3 is 3.08 bits per heavy atom. The second-order valence-corrected chi connectivity index (χ2v) is 8.30. The number of furan rings is 1. The molecule has 7 heteroatoms. The summed E-state index contributed by atoms with van der Waals surface area (Å²) in [6, 6.07) is 8.42. The lowest BCUT2D eigenvalue weighted by Crippen LogP contribution is -2.25. The molecule has 0 radical (unpaired) electrons. The lowest BCUT2D eigenvalue weighted by molar-refractivity contribution is 0.245. The monoisotopic (exact) mass is 383 g/mol. The van der Waals surface area contributed by atoms with Gasteiger partial charge in [-0.3, -0.25) is 9.69 Å². The van der Waals surface area contributed by atoms with Crippen LogP contribution in [-0.2, 0) is 6.54 Å². The van der Waals surface area contributed by atoms with Crippen molar-refractivity contribution in [2.45, 2.75) is 25.4 Å². The van der Waals surface area contributed by atoms with Gasteiger partial charge in [0.05, 0.1) is 18.2 Å². The molecule has 1 N–H and O–H groups in total. The Morgan fingerprint density at radius 2 is 2.27 bits per heavy atom. The number of hydrogen-bond donors (Lipinski definition) is 1. The van der Waals surface area contributed by atoms with Crippen LogP contribution in [-0.4, -0.2) is 21.4 Å². The number of aromatic nitrogens is 2. The molecule has 132 valence electrons. The van der Waals surface area contributed by atoms with Crippen LogP contribution in [0.3, 0.4) is 0 Å². The van der Waals surface area contributed by atoms with Crippen molar-refractivity contribution in [3.05, 3.63) is 62.3 Å². The molecule has 1 saturated heterocycles. The number of nitrogens with zero attached hydrogens (tertiary/aromatic N) is 2. The minimum atomic E-state index is -0.0930. The van der Waals surface area contributed by atoms with Gasteiger partial charge in [-0.1, -0.05) is 6.07 Å². The average Bonchev–Trinajstić information content (AvgIpc) is 3.41. The molecule has 0 unspecified atom stereocenters. The summed E-state index contributed by atoms with van der Waals surface area (Å²) in [4.78, 5) is 25.0. The van der Waals surface area contributed by atoms with Gasteiger partial charge in [0.15, 0.2) is 0 Å². The molecule has 0 saturated carbocycles. The van der Waals surface area contributed by atoms with Crippen LogP contribution < -0.4 is 5.56 Å². The van der Waals surface area contributed by atoms with E-state index in [0.29, 0.717) is 23.7 Å². The Hall–Kier alpha value is -2.22. The summed E-state index contributed by atoms with van der Waals surface area (Å²) in [5, 5.41) is 4.68. The summed E-state index contributed by atoms with van der Waals surface area (Å²) >= 11 is 3.29. The van der Waals surface area contributed by atoms with Gasteiger partial charge < -0.3 is 9.40 Å². The predicted molar refractivity (Wildman–Crippen MR) is 105 cm³/mol. The van der Waals surface area contributed by atoms with Gasteiger partial charge in [0.25, 0.3) is 5.56 Å². The molecule has 0 aromatic carbocycles. The summed E-state index contributed by atoms with van der Waals surface area (Å²) in [5.41, 5.74) is 0.720. The van der Waals surface area contributed by atoms with Crippen LogP contribution in [0.5, 0.6) is 0 Å². The van der Waals surface area contributed by atoms with Crippen LogP contribution in [0, 0.1) is 0 Å². The molecule has 0 bridgehead atoms. The van der Waals surface area contributed by atoms with Gasteiger partial charge in [-0.05, 0) is 43.0 Å². The maximum Gasteiger partial charge on any atom is 0.260 e. The Bertz CT molecular complexity index is 1080. The largest absolute Gasteiger partial charge is 0.464 e. The zero-order valence-corrected chi connectivity index (χ0v) is 15.6. The number of fused-ring (bicyclic) bond motifs is 1. The van der Waals surface area contributed by atoms with E-state index in [-0.39, 0.29) is 5.56 Å². The minimum Gasteiger partial charge on any atom is -0.464 e. The molecule has 5 nitrogen and oxygen atoms in total. The number of H-pyrrole nitrogens is 1. The van der Waals surface area contributed by atoms with Crippen molar-refractivity contribution < 1.29 is 4.42 Å². The van der Waals surface area contributed by atoms with Gasteiger partial charge in [0.1, 0.15) is 16.4 Å². The van der Waals surface area contributed by atoms with Crippen LogP contribution in [0.15, 0.2) is 50.5 Å². The molecule has 0 spiro atoms. The van der Waals surface area contributed by atoms with Crippen molar-refractivity contribution in [2.24, 2.45) is 0 Å². The van der Waals surface area contributed by atoms with Gasteiger partial charge in [-0.25, -0.2) is 4.98 Å². The molecule has 1 aliphatic rings. The maximum atomic E-state index is 12.7. The molecule has 4 aromatic heterocycles. The minimum absolute atomic E-state index is 0.0930. The Labute approximate surface area is 157 Å². The lowest BCUT2D eigenvalue weighted by Gasteiger charge is -2.22. The first kappa shape index (κ1) is 16.0.